The lowest BCUT2D eigenvalue weighted by molar-refractivity contribution is -0.145. The summed E-state index contributed by atoms with van der Waals surface area (Å²) < 4.78 is 9.98. The van der Waals surface area contributed by atoms with Crippen LogP contribution >= 0.6 is 0 Å². The van der Waals surface area contributed by atoms with E-state index in [1.165, 1.54) is 12.3 Å². The van der Waals surface area contributed by atoms with Gasteiger partial charge in [-0.2, -0.15) is 0 Å². The van der Waals surface area contributed by atoms with E-state index in [9.17, 15) is 24.6 Å². The van der Waals surface area contributed by atoms with Crippen LogP contribution in [-0.2, 0) is 14.3 Å². The summed E-state index contributed by atoms with van der Waals surface area (Å²) >= 11 is 0. The number of nitrogens with zero attached hydrogens (tertiary/aromatic N) is 1. The first-order valence-corrected chi connectivity index (χ1v) is 7.41. The molecule has 3 atom stereocenters. The molecule has 126 valence electrons. The van der Waals surface area contributed by atoms with Crippen molar-refractivity contribution in [3.8, 4) is 0 Å². The minimum atomic E-state index is -1.36. The molecule has 1 saturated heterocycles. The van der Waals surface area contributed by atoms with Crippen molar-refractivity contribution in [2.24, 2.45) is 5.92 Å². The SMILES string of the molecule is CCCCOC(=O)N1C(=O)C(C(O)c2ccco2)CC1C(=O)O. The molecule has 2 heterocycles. The van der Waals surface area contributed by atoms with E-state index in [0.717, 1.165) is 6.42 Å². The van der Waals surface area contributed by atoms with Crippen LogP contribution in [0.25, 0.3) is 0 Å². The smallest absolute Gasteiger partial charge is 0.417 e. The van der Waals surface area contributed by atoms with Crippen LogP contribution in [0.1, 0.15) is 38.1 Å². The Morgan fingerprint density at radius 1 is 1.52 bits per heavy atom. The number of imide groups is 1. The lowest BCUT2D eigenvalue weighted by Gasteiger charge is -2.19. The number of hydrogen-bond donors (Lipinski definition) is 2. The maximum absolute atomic E-state index is 12.4. The number of unbranched alkanes of at least 4 members (excludes halogenated alkanes) is 1. The Balaban J connectivity index is 2.15. The molecule has 0 aromatic carbocycles. The summed E-state index contributed by atoms with van der Waals surface area (Å²) in [5, 5.41) is 19.5. The maximum Gasteiger partial charge on any atom is 0.417 e. The predicted molar refractivity (Wildman–Crippen MR) is 76.3 cm³/mol. The number of rotatable bonds is 6. The molecule has 0 bridgehead atoms. The fourth-order valence-electron chi connectivity index (χ4n) is 2.50. The monoisotopic (exact) mass is 325 g/mol. The number of aliphatic hydroxyl groups is 1. The van der Waals surface area contributed by atoms with Crippen molar-refractivity contribution in [1.29, 1.82) is 0 Å². The second-order valence-electron chi connectivity index (χ2n) is 5.33. The van der Waals surface area contributed by atoms with Crippen LogP contribution in [-0.4, -0.2) is 45.7 Å². The van der Waals surface area contributed by atoms with Crippen LogP contribution < -0.4 is 0 Å². The van der Waals surface area contributed by atoms with Crippen molar-refractivity contribution in [2.45, 2.75) is 38.3 Å². The lowest BCUT2D eigenvalue weighted by atomic mass is 9.97. The van der Waals surface area contributed by atoms with Gasteiger partial charge in [-0.3, -0.25) is 4.79 Å². The zero-order chi connectivity index (χ0) is 17.0. The summed E-state index contributed by atoms with van der Waals surface area (Å²) in [7, 11) is 0. The largest absolute Gasteiger partial charge is 0.480 e. The van der Waals surface area contributed by atoms with Gasteiger partial charge in [-0.1, -0.05) is 13.3 Å². The summed E-state index contributed by atoms with van der Waals surface area (Å²) in [5.74, 6) is -3.02. The zero-order valence-corrected chi connectivity index (χ0v) is 12.7. The van der Waals surface area contributed by atoms with Gasteiger partial charge in [0.2, 0.25) is 5.91 Å². The number of amides is 2. The molecule has 1 aromatic rings. The van der Waals surface area contributed by atoms with E-state index in [0.29, 0.717) is 11.3 Å². The minimum absolute atomic E-state index is 0.108. The molecule has 2 amide bonds. The van der Waals surface area contributed by atoms with Crippen molar-refractivity contribution >= 4 is 18.0 Å². The molecule has 1 aliphatic heterocycles. The molecule has 0 spiro atoms. The summed E-state index contributed by atoms with van der Waals surface area (Å²) in [6.07, 6.45) is 0.244. The number of aliphatic hydroxyl groups excluding tert-OH is 1. The second kappa shape index (κ2) is 7.28. The van der Waals surface area contributed by atoms with Crippen molar-refractivity contribution in [2.75, 3.05) is 6.61 Å². The summed E-state index contributed by atoms with van der Waals surface area (Å²) in [4.78, 5) is 36.3. The van der Waals surface area contributed by atoms with E-state index in [1.54, 1.807) is 6.07 Å². The quantitative estimate of drug-likeness (QED) is 0.762. The van der Waals surface area contributed by atoms with Gasteiger partial charge >= 0.3 is 12.1 Å². The van der Waals surface area contributed by atoms with Crippen molar-refractivity contribution in [3.63, 3.8) is 0 Å². The van der Waals surface area contributed by atoms with E-state index in [2.05, 4.69) is 0 Å². The Morgan fingerprint density at radius 3 is 2.83 bits per heavy atom. The van der Waals surface area contributed by atoms with Crippen LogP contribution in [0.15, 0.2) is 22.8 Å². The van der Waals surface area contributed by atoms with Gasteiger partial charge in [-0.15, -0.1) is 0 Å². The highest BCUT2D eigenvalue weighted by Crippen LogP contribution is 2.35. The summed E-state index contributed by atoms with van der Waals surface area (Å²) in [5.41, 5.74) is 0. The maximum atomic E-state index is 12.4. The third kappa shape index (κ3) is 3.53. The molecule has 0 saturated carbocycles. The standard InChI is InChI=1S/C15H19NO7/c1-2-3-6-23-15(21)16-10(14(19)20)8-9(13(16)18)12(17)11-5-4-7-22-11/h4-5,7,9-10,12,17H,2-3,6,8H2,1H3,(H,19,20). The molecule has 2 N–H and O–H groups in total. The van der Waals surface area contributed by atoms with Gasteiger partial charge < -0.3 is 19.4 Å². The zero-order valence-electron chi connectivity index (χ0n) is 12.7. The van der Waals surface area contributed by atoms with E-state index in [-0.39, 0.29) is 18.8 Å². The molecule has 0 aliphatic carbocycles. The Bertz CT molecular complexity index is 568. The van der Waals surface area contributed by atoms with Crippen LogP contribution in [0.3, 0.4) is 0 Å². The topological polar surface area (TPSA) is 117 Å². The Hall–Kier alpha value is -2.35. The molecule has 1 aromatic heterocycles. The predicted octanol–water partition coefficient (Wildman–Crippen LogP) is 1.55. The number of hydrogen-bond acceptors (Lipinski definition) is 6. The highest BCUT2D eigenvalue weighted by atomic mass is 16.6. The number of aliphatic carboxylic acids is 1. The summed E-state index contributed by atoms with van der Waals surface area (Å²) in [6.45, 7) is 2.02. The Labute approximate surface area is 132 Å². The van der Waals surface area contributed by atoms with Crippen LogP contribution in [0.5, 0.6) is 0 Å². The van der Waals surface area contributed by atoms with Crippen molar-refractivity contribution in [1.82, 2.24) is 4.90 Å². The van der Waals surface area contributed by atoms with Gasteiger partial charge in [0.05, 0.1) is 18.8 Å². The first-order valence-electron chi connectivity index (χ1n) is 7.41. The molecular weight excluding hydrogens is 306 g/mol. The molecule has 8 nitrogen and oxygen atoms in total. The summed E-state index contributed by atoms with van der Waals surface area (Å²) in [6, 6.07) is 1.67. The molecular formula is C15H19NO7. The van der Waals surface area contributed by atoms with Crippen LogP contribution in [0.4, 0.5) is 4.79 Å². The normalized spacial score (nSPS) is 22.2. The van der Waals surface area contributed by atoms with E-state index in [4.69, 9.17) is 9.15 Å². The molecule has 2 rings (SSSR count). The second-order valence-corrected chi connectivity index (χ2v) is 5.33. The van der Waals surface area contributed by atoms with E-state index >= 15 is 0 Å². The third-order valence-corrected chi connectivity index (χ3v) is 3.76. The van der Waals surface area contributed by atoms with Gasteiger partial charge in [0, 0.05) is 0 Å². The molecule has 3 unspecified atom stereocenters. The van der Waals surface area contributed by atoms with Gasteiger partial charge in [0.1, 0.15) is 17.9 Å². The highest BCUT2D eigenvalue weighted by molar-refractivity contribution is 6.00. The van der Waals surface area contributed by atoms with E-state index < -0.39 is 36.0 Å². The fourth-order valence-corrected chi connectivity index (χ4v) is 2.50. The lowest BCUT2D eigenvalue weighted by Crippen LogP contribution is -2.43. The van der Waals surface area contributed by atoms with Gasteiger partial charge in [0.15, 0.2) is 0 Å². The average Bonchev–Trinajstić information content (AvgIpc) is 3.14. The van der Waals surface area contributed by atoms with E-state index in [1.807, 2.05) is 6.92 Å². The number of carboxylic acids is 1. The third-order valence-electron chi connectivity index (χ3n) is 3.76. The van der Waals surface area contributed by atoms with Gasteiger partial charge in [-0.25, -0.2) is 14.5 Å². The number of likely N-dealkylation sites (tertiary alicyclic amines) is 1. The molecule has 0 radical (unpaired) electrons. The molecule has 1 fully saturated rings. The minimum Gasteiger partial charge on any atom is -0.480 e. The fraction of sp³-hybridized carbons (Fsp3) is 0.533. The van der Waals surface area contributed by atoms with Gasteiger partial charge in [0.25, 0.3) is 0 Å². The highest BCUT2D eigenvalue weighted by Gasteiger charge is 2.50. The Morgan fingerprint density at radius 2 is 2.26 bits per heavy atom. The van der Waals surface area contributed by atoms with Crippen molar-refractivity contribution in [3.05, 3.63) is 24.2 Å². The molecule has 23 heavy (non-hydrogen) atoms. The number of carbonyl (C=O) groups excluding carboxylic acids is 2. The van der Waals surface area contributed by atoms with Crippen LogP contribution in [0, 0.1) is 5.92 Å². The Kier molecular flexibility index (Phi) is 5.38. The molecule has 1 aliphatic rings. The number of carbonyl (C=O) groups is 3. The number of furan rings is 1. The first kappa shape index (κ1) is 17.0. The van der Waals surface area contributed by atoms with Gasteiger partial charge in [-0.05, 0) is 25.0 Å². The molecule has 8 heteroatoms. The average molecular weight is 325 g/mol. The van der Waals surface area contributed by atoms with Crippen LogP contribution in [0.2, 0.25) is 0 Å². The number of ether oxygens (including phenoxy) is 1. The number of carboxylic acid groups (broad SMARTS) is 1. The first-order chi connectivity index (χ1) is 11.0. The van der Waals surface area contributed by atoms with Crippen molar-refractivity contribution < 1.29 is 33.8 Å².